The normalized spacial score (nSPS) is 21.6. The van der Waals surface area contributed by atoms with Crippen LogP contribution in [0.2, 0.25) is 0 Å². The van der Waals surface area contributed by atoms with Crippen LogP contribution in [0.1, 0.15) is 17.5 Å². The maximum Gasteiger partial charge on any atom is 0.170 e. The van der Waals surface area contributed by atoms with Gasteiger partial charge >= 0.3 is 0 Å². The number of halogens is 1. The van der Waals surface area contributed by atoms with Crippen molar-refractivity contribution in [1.82, 2.24) is 5.32 Å². The second kappa shape index (κ2) is 6.40. The van der Waals surface area contributed by atoms with E-state index in [1.807, 2.05) is 0 Å². The van der Waals surface area contributed by atoms with Crippen LogP contribution in [0.5, 0.6) is 0 Å². The van der Waals surface area contributed by atoms with Crippen LogP contribution in [-0.2, 0) is 16.4 Å². The van der Waals surface area contributed by atoms with Gasteiger partial charge in [-0.3, -0.25) is 0 Å². The minimum absolute atomic E-state index is 0.0998. The number of nitrogens with one attached hydrogen (secondary N) is 1. The summed E-state index contributed by atoms with van der Waals surface area (Å²) in [5, 5.41) is 14.7. The highest BCUT2D eigenvalue weighted by molar-refractivity contribution is 7.91. The third-order valence-electron chi connectivity index (χ3n) is 3.53. The highest BCUT2D eigenvalue weighted by Crippen LogP contribution is 2.18. The van der Waals surface area contributed by atoms with Crippen molar-refractivity contribution < 1.29 is 18.0 Å². The molecule has 4 N–H and O–H groups in total. The smallest absolute Gasteiger partial charge is 0.170 e. The van der Waals surface area contributed by atoms with Crippen LogP contribution in [0.25, 0.3) is 0 Å². The van der Waals surface area contributed by atoms with Gasteiger partial charge < -0.3 is 16.3 Å². The minimum Gasteiger partial charge on any atom is -0.409 e. The molecular weight excluding hydrogens is 297 g/mol. The zero-order valence-electron chi connectivity index (χ0n) is 11.4. The first-order chi connectivity index (χ1) is 9.91. The largest absolute Gasteiger partial charge is 0.409 e. The molecule has 1 atom stereocenters. The van der Waals surface area contributed by atoms with Crippen LogP contribution >= 0.6 is 0 Å². The van der Waals surface area contributed by atoms with E-state index in [1.54, 1.807) is 6.07 Å². The van der Waals surface area contributed by atoms with Crippen molar-refractivity contribution in [3.63, 3.8) is 0 Å². The van der Waals surface area contributed by atoms with Gasteiger partial charge in [0.15, 0.2) is 15.7 Å². The van der Waals surface area contributed by atoms with Gasteiger partial charge in [-0.25, -0.2) is 12.8 Å². The third kappa shape index (κ3) is 4.15. The molecule has 2 rings (SSSR count). The molecular formula is C13H18FN3O3S. The molecule has 0 amide bonds. The number of benzene rings is 1. The highest BCUT2D eigenvalue weighted by Gasteiger charge is 2.27. The number of rotatable bonds is 5. The lowest BCUT2D eigenvalue weighted by Crippen LogP contribution is -2.25. The Morgan fingerprint density at radius 2 is 2.29 bits per heavy atom. The van der Waals surface area contributed by atoms with Gasteiger partial charge in [0, 0.05) is 12.1 Å². The van der Waals surface area contributed by atoms with Gasteiger partial charge in [0.1, 0.15) is 5.82 Å². The van der Waals surface area contributed by atoms with Gasteiger partial charge in [-0.15, -0.1) is 0 Å². The fraction of sp³-hybridized carbons (Fsp3) is 0.462. The van der Waals surface area contributed by atoms with Crippen molar-refractivity contribution in [2.75, 3.05) is 18.1 Å². The van der Waals surface area contributed by atoms with Crippen LogP contribution in [-0.4, -0.2) is 37.5 Å². The summed E-state index contributed by atoms with van der Waals surface area (Å²) in [7, 11) is -2.88. The maximum atomic E-state index is 13.2. The molecule has 0 aromatic heterocycles. The molecule has 0 radical (unpaired) electrons. The Kier molecular flexibility index (Phi) is 4.79. The molecule has 1 fully saturated rings. The van der Waals surface area contributed by atoms with Gasteiger partial charge in [-0.2, -0.15) is 0 Å². The first kappa shape index (κ1) is 15.7. The zero-order chi connectivity index (χ0) is 15.5. The molecule has 1 unspecified atom stereocenters. The van der Waals surface area contributed by atoms with E-state index in [9.17, 15) is 12.8 Å². The van der Waals surface area contributed by atoms with Crippen molar-refractivity contribution >= 4 is 15.7 Å². The van der Waals surface area contributed by atoms with E-state index in [-0.39, 0.29) is 23.3 Å². The van der Waals surface area contributed by atoms with E-state index in [2.05, 4.69) is 10.5 Å². The van der Waals surface area contributed by atoms with E-state index in [0.29, 0.717) is 30.6 Å². The van der Waals surface area contributed by atoms with Crippen LogP contribution in [0.15, 0.2) is 23.4 Å². The lowest BCUT2D eigenvalue weighted by atomic mass is 10.1. The fourth-order valence-electron chi connectivity index (χ4n) is 2.44. The van der Waals surface area contributed by atoms with Crippen molar-refractivity contribution in [3.05, 3.63) is 35.1 Å². The molecule has 21 heavy (non-hydrogen) atoms. The molecule has 0 spiro atoms. The second-order valence-electron chi connectivity index (χ2n) is 5.19. The van der Waals surface area contributed by atoms with Gasteiger partial charge in [-0.05, 0) is 36.6 Å². The molecule has 1 aromatic rings. The van der Waals surface area contributed by atoms with Gasteiger partial charge in [0.05, 0.1) is 11.5 Å². The SMILES string of the molecule is NC(=NO)c1cc(F)ccc1CNCC1CCS(=O)(=O)C1. The van der Waals surface area contributed by atoms with Crippen molar-refractivity contribution in [2.24, 2.45) is 16.8 Å². The lowest BCUT2D eigenvalue weighted by molar-refractivity contribution is 0.318. The molecule has 1 aromatic carbocycles. The molecule has 1 saturated heterocycles. The lowest BCUT2D eigenvalue weighted by Gasteiger charge is -2.12. The maximum absolute atomic E-state index is 13.2. The van der Waals surface area contributed by atoms with Gasteiger partial charge in [0.25, 0.3) is 0 Å². The number of nitrogens with two attached hydrogens (primary N) is 1. The van der Waals surface area contributed by atoms with E-state index in [1.165, 1.54) is 12.1 Å². The van der Waals surface area contributed by atoms with Crippen LogP contribution in [0.3, 0.4) is 0 Å². The summed E-state index contributed by atoms with van der Waals surface area (Å²) in [6.45, 7) is 0.953. The molecule has 1 heterocycles. The quantitative estimate of drug-likeness (QED) is 0.317. The van der Waals surface area contributed by atoms with Crippen LogP contribution in [0.4, 0.5) is 4.39 Å². The van der Waals surface area contributed by atoms with E-state index in [0.717, 1.165) is 0 Å². The average Bonchev–Trinajstić information content (AvgIpc) is 2.79. The van der Waals surface area contributed by atoms with E-state index in [4.69, 9.17) is 10.9 Å². The summed E-state index contributed by atoms with van der Waals surface area (Å²) in [6, 6.07) is 4.05. The number of amidine groups is 1. The Labute approximate surface area is 122 Å². The molecule has 0 aliphatic carbocycles. The summed E-state index contributed by atoms with van der Waals surface area (Å²) in [6.07, 6.45) is 0.659. The predicted molar refractivity (Wildman–Crippen MR) is 77.4 cm³/mol. The van der Waals surface area contributed by atoms with Crippen molar-refractivity contribution in [3.8, 4) is 0 Å². The summed E-state index contributed by atoms with van der Waals surface area (Å²) >= 11 is 0. The summed E-state index contributed by atoms with van der Waals surface area (Å²) in [5.74, 6) is -0.0818. The fourth-order valence-corrected chi connectivity index (χ4v) is 4.30. The van der Waals surface area contributed by atoms with Crippen LogP contribution < -0.4 is 11.1 Å². The molecule has 0 bridgehead atoms. The Bertz CT molecular complexity index is 646. The molecule has 1 aliphatic heterocycles. The monoisotopic (exact) mass is 315 g/mol. The average molecular weight is 315 g/mol. The Balaban J connectivity index is 1.97. The standard InChI is InChI=1S/C13H18FN3O3S/c14-11-2-1-10(12(5-11)13(15)17-18)7-16-6-9-3-4-21(19,20)8-9/h1-2,5,9,16,18H,3-4,6-8H2,(H2,15,17). The predicted octanol–water partition coefficient (Wildman–Crippen LogP) is 0.445. The number of oxime groups is 1. The number of hydrogen-bond donors (Lipinski definition) is 3. The molecule has 8 heteroatoms. The number of sulfone groups is 1. The Hall–Kier alpha value is -1.67. The minimum atomic E-state index is -2.88. The topological polar surface area (TPSA) is 105 Å². The summed E-state index contributed by atoms with van der Waals surface area (Å²) in [4.78, 5) is 0. The highest BCUT2D eigenvalue weighted by atomic mass is 32.2. The second-order valence-corrected chi connectivity index (χ2v) is 7.42. The molecule has 0 saturated carbocycles. The summed E-state index contributed by atoms with van der Waals surface area (Å²) < 4.78 is 35.9. The van der Waals surface area contributed by atoms with Crippen molar-refractivity contribution in [1.29, 1.82) is 0 Å². The van der Waals surface area contributed by atoms with Gasteiger partial charge in [-0.1, -0.05) is 11.2 Å². The first-order valence-electron chi connectivity index (χ1n) is 6.59. The molecule has 116 valence electrons. The summed E-state index contributed by atoms with van der Waals surface area (Å²) in [5.41, 5.74) is 6.53. The van der Waals surface area contributed by atoms with E-state index < -0.39 is 15.7 Å². The number of nitrogens with zero attached hydrogens (tertiary/aromatic N) is 1. The zero-order valence-corrected chi connectivity index (χ0v) is 12.2. The first-order valence-corrected chi connectivity index (χ1v) is 8.41. The Morgan fingerprint density at radius 1 is 1.52 bits per heavy atom. The molecule has 6 nitrogen and oxygen atoms in total. The molecule has 1 aliphatic rings. The van der Waals surface area contributed by atoms with Crippen LogP contribution in [0, 0.1) is 11.7 Å². The van der Waals surface area contributed by atoms with Gasteiger partial charge in [0.2, 0.25) is 0 Å². The van der Waals surface area contributed by atoms with Crippen molar-refractivity contribution in [2.45, 2.75) is 13.0 Å². The number of hydrogen-bond acceptors (Lipinski definition) is 5. The third-order valence-corrected chi connectivity index (χ3v) is 5.37. The van der Waals surface area contributed by atoms with E-state index >= 15 is 0 Å². The Morgan fingerprint density at radius 3 is 2.90 bits per heavy atom.